The topological polar surface area (TPSA) is 70.1 Å². The van der Waals surface area contributed by atoms with E-state index in [0.717, 1.165) is 36.6 Å². The highest BCUT2D eigenvalue weighted by Crippen LogP contribution is 2.28. The minimum atomic E-state index is 0.217. The molecule has 16 heavy (non-hydrogen) atoms. The number of nitrogens with zero attached hydrogens (tertiary/aromatic N) is 2. The van der Waals surface area contributed by atoms with E-state index in [0.29, 0.717) is 0 Å². The second-order valence-electron chi connectivity index (χ2n) is 3.89. The van der Waals surface area contributed by atoms with Crippen LogP contribution < -0.4 is 10.6 Å². The van der Waals surface area contributed by atoms with Crippen LogP contribution in [0.25, 0.3) is 0 Å². The monoisotopic (exact) mass is 242 g/mol. The molecule has 0 bridgehead atoms. The van der Waals surface area contributed by atoms with E-state index >= 15 is 0 Å². The maximum atomic E-state index is 8.79. The van der Waals surface area contributed by atoms with Gasteiger partial charge >= 0.3 is 0 Å². The maximum absolute atomic E-state index is 8.79. The maximum Gasteiger partial charge on any atom is 0.224 e. The van der Waals surface area contributed by atoms with E-state index in [9.17, 15) is 0 Å². The first-order valence-electron chi connectivity index (χ1n) is 5.36. The SMILES string of the molecule is Cc1nc(Cl)nc2c1NCC(CCCO)N2. The number of rotatable bonds is 3. The first-order chi connectivity index (χ1) is 7.70. The smallest absolute Gasteiger partial charge is 0.224 e. The van der Waals surface area contributed by atoms with Crippen LogP contribution in [0.2, 0.25) is 5.28 Å². The third-order valence-corrected chi connectivity index (χ3v) is 2.81. The highest BCUT2D eigenvalue weighted by Gasteiger charge is 2.20. The molecule has 0 spiro atoms. The molecule has 0 saturated heterocycles. The van der Waals surface area contributed by atoms with Crippen molar-refractivity contribution in [3.8, 4) is 0 Å². The van der Waals surface area contributed by atoms with Crippen LogP contribution in [-0.4, -0.2) is 34.3 Å². The van der Waals surface area contributed by atoms with Crippen LogP contribution in [0.1, 0.15) is 18.5 Å². The van der Waals surface area contributed by atoms with Gasteiger partial charge in [-0.2, -0.15) is 4.98 Å². The van der Waals surface area contributed by atoms with Crippen molar-refractivity contribution in [3.05, 3.63) is 11.0 Å². The molecule has 2 rings (SSSR count). The Kier molecular flexibility index (Phi) is 3.46. The second kappa shape index (κ2) is 4.84. The zero-order chi connectivity index (χ0) is 11.5. The van der Waals surface area contributed by atoms with Crippen LogP contribution in [0.15, 0.2) is 0 Å². The van der Waals surface area contributed by atoms with Gasteiger partial charge in [-0.25, -0.2) is 4.98 Å². The van der Waals surface area contributed by atoms with E-state index in [4.69, 9.17) is 16.7 Å². The van der Waals surface area contributed by atoms with Crippen LogP contribution in [0.4, 0.5) is 11.5 Å². The zero-order valence-electron chi connectivity index (χ0n) is 9.13. The lowest BCUT2D eigenvalue weighted by molar-refractivity contribution is 0.281. The summed E-state index contributed by atoms with van der Waals surface area (Å²) in [5, 5.41) is 15.6. The fourth-order valence-corrected chi connectivity index (χ4v) is 2.05. The summed E-state index contributed by atoms with van der Waals surface area (Å²) in [6.45, 7) is 2.93. The third kappa shape index (κ3) is 2.36. The predicted octanol–water partition coefficient (Wildman–Crippen LogP) is 1.42. The Morgan fingerprint density at radius 2 is 2.31 bits per heavy atom. The first kappa shape index (κ1) is 11.4. The fraction of sp³-hybridized carbons (Fsp3) is 0.600. The standard InChI is InChI=1S/C10H15ClN4O/c1-6-8-9(15-10(11)13-6)14-7(5-12-8)3-2-4-16/h7,12,16H,2-5H2,1H3,(H,13,14,15). The number of aliphatic hydroxyl groups is 1. The van der Waals surface area contributed by atoms with Crippen molar-refractivity contribution >= 4 is 23.1 Å². The number of nitrogens with one attached hydrogen (secondary N) is 2. The molecular formula is C10H15ClN4O. The molecule has 1 aliphatic rings. The van der Waals surface area contributed by atoms with Gasteiger partial charge in [0.2, 0.25) is 5.28 Å². The van der Waals surface area contributed by atoms with Gasteiger partial charge in [0, 0.05) is 19.2 Å². The van der Waals surface area contributed by atoms with Crippen molar-refractivity contribution in [2.75, 3.05) is 23.8 Å². The van der Waals surface area contributed by atoms with Gasteiger partial charge in [0.25, 0.3) is 0 Å². The number of hydrogen-bond acceptors (Lipinski definition) is 5. The molecule has 0 amide bonds. The van der Waals surface area contributed by atoms with E-state index in [1.54, 1.807) is 0 Å². The average molecular weight is 243 g/mol. The predicted molar refractivity (Wildman–Crippen MR) is 64.0 cm³/mol. The van der Waals surface area contributed by atoms with Crippen molar-refractivity contribution in [1.82, 2.24) is 9.97 Å². The van der Waals surface area contributed by atoms with Crippen LogP contribution in [0.3, 0.4) is 0 Å². The molecule has 1 unspecified atom stereocenters. The Balaban J connectivity index is 2.13. The first-order valence-corrected chi connectivity index (χ1v) is 5.74. The minimum Gasteiger partial charge on any atom is -0.396 e. The Hall–Kier alpha value is -1.07. The van der Waals surface area contributed by atoms with E-state index in [2.05, 4.69) is 20.6 Å². The molecule has 0 saturated carbocycles. The average Bonchev–Trinajstić information content (AvgIpc) is 2.25. The van der Waals surface area contributed by atoms with Gasteiger partial charge in [0.15, 0.2) is 5.82 Å². The normalized spacial score (nSPS) is 18.6. The third-order valence-electron chi connectivity index (χ3n) is 2.64. The van der Waals surface area contributed by atoms with Crippen molar-refractivity contribution in [2.45, 2.75) is 25.8 Å². The number of aliphatic hydroxyl groups excluding tert-OH is 1. The van der Waals surface area contributed by atoms with Gasteiger partial charge in [-0.15, -0.1) is 0 Å². The molecule has 6 heteroatoms. The van der Waals surface area contributed by atoms with Gasteiger partial charge in [0.05, 0.1) is 11.4 Å². The summed E-state index contributed by atoms with van der Waals surface area (Å²) in [4.78, 5) is 8.24. The van der Waals surface area contributed by atoms with E-state index in [-0.39, 0.29) is 17.9 Å². The summed E-state index contributed by atoms with van der Waals surface area (Å²) in [5.74, 6) is 0.756. The second-order valence-corrected chi connectivity index (χ2v) is 4.23. The quantitative estimate of drug-likeness (QED) is 0.700. The van der Waals surface area contributed by atoms with Crippen LogP contribution in [0, 0.1) is 6.92 Å². The number of anilines is 2. The zero-order valence-corrected chi connectivity index (χ0v) is 9.88. The van der Waals surface area contributed by atoms with Crippen molar-refractivity contribution < 1.29 is 5.11 Å². The molecule has 5 nitrogen and oxygen atoms in total. The van der Waals surface area contributed by atoms with E-state index < -0.39 is 0 Å². The summed E-state index contributed by atoms with van der Waals surface area (Å²) in [6.07, 6.45) is 1.69. The van der Waals surface area contributed by atoms with Crippen LogP contribution in [-0.2, 0) is 0 Å². The van der Waals surface area contributed by atoms with Gasteiger partial charge in [-0.3, -0.25) is 0 Å². The molecule has 0 radical (unpaired) electrons. The lowest BCUT2D eigenvalue weighted by atomic mass is 10.1. The molecule has 88 valence electrons. The molecule has 0 aromatic carbocycles. The summed E-state index contributed by atoms with van der Waals surface area (Å²) >= 11 is 5.80. The van der Waals surface area contributed by atoms with Gasteiger partial charge in [-0.05, 0) is 31.4 Å². The molecule has 1 aliphatic heterocycles. The Morgan fingerprint density at radius 1 is 1.50 bits per heavy atom. The Labute approximate surface area is 99.3 Å². The van der Waals surface area contributed by atoms with Gasteiger partial charge in [0.1, 0.15) is 0 Å². The molecular weight excluding hydrogens is 228 g/mol. The number of fused-ring (bicyclic) bond motifs is 1. The highest BCUT2D eigenvalue weighted by molar-refractivity contribution is 6.28. The minimum absolute atomic E-state index is 0.217. The molecule has 1 atom stereocenters. The summed E-state index contributed by atoms with van der Waals surface area (Å²) in [6, 6.07) is 0.282. The van der Waals surface area contributed by atoms with Crippen molar-refractivity contribution in [1.29, 1.82) is 0 Å². The molecule has 0 fully saturated rings. The number of halogens is 1. The molecule has 1 aromatic rings. The Bertz CT molecular complexity index is 385. The fourth-order valence-electron chi connectivity index (χ4n) is 1.84. The number of aryl methyl sites for hydroxylation is 1. The molecule has 0 aliphatic carbocycles. The molecule has 2 heterocycles. The van der Waals surface area contributed by atoms with Gasteiger partial charge < -0.3 is 15.7 Å². The number of hydrogen-bond donors (Lipinski definition) is 3. The lowest BCUT2D eigenvalue weighted by Gasteiger charge is -2.28. The van der Waals surface area contributed by atoms with Crippen molar-refractivity contribution in [2.24, 2.45) is 0 Å². The highest BCUT2D eigenvalue weighted by atomic mass is 35.5. The Morgan fingerprint density at radius 3 is 3.06 bits per heavy atom. The van der Waals surface area contributed by atoms with E-state index in [1.807, 2.05) is 6.92 Å². The molecule has 3 N–H and O–H groups in total. The lowest BCUT2D eigenvalue weighted by Crippen LogP contribution is -2.34. The van der Waals surface area contributed by atoms with Crippen LogP contribution >= 0.6 is 11.6 Å². The van der Waals surface area contributed by atoms with E-state index in [1.165, 1.54) is 0 Å². The van der Waals surface area contributed by atoms with Crippen molar-refractivity contribution in [3.63, 3.8) is 0 Å². The largest absolute Gasteiger partial charge is 0.396 e. The summed E-state index contributed by atoms with van der Waals surface area (Å²) < 4.78 is 0. The molecule has 1 aromatic heterocycles. The summed E-state index contributed by atoms with van der Waals surface area (Å²) in [5.41, 5.74) is 1.77. The van der Waals surface area contributed by atoms with Crippen LogP contribution in [0.5, 0.6) is 0 Å². The summed E-state index contributed by atoms with van der Waals surface area (Å²) in [7, 11) is 0. The number of aromatic nitrogens is 2. The van der Waals surface area contributed by atoms with Gasteiger partial charge in [-0.1, -0.05) is 0 Å².